The van der Waals surface area contributed by atoms with Gasteiger partial charge in [-0.1, -0.05) is 0 Å². The Morgan fingerprint density at radius 3 is 2.33 bits per heavy atom. The van der Waals surface area contributed by atoms with Crippen LogP contribution in [0.25, 0.3) is 0 Å². The van der Waals surface area contributed by atoms with Crippen LogP contribution >= 0.6 is 55.9 Å². The Labute approximate surface area is 116 Å². The maximum atomic E-state index is 12.6. The van der Waals surface area contributed by atoms with Gasteiger partial charge in [0.05, 0.1) is 0 Å². The zero-order chi connectivity index (χ0) is 11.8. The first-order valence-electron chi connectivity index (χ1n) is 3.32. The van der Waals surface area contributed by atoms with Crippen LogP contribution in [0.5, 0.6) is 0 Å². The van der Waals surface area contributed by atoms with Crippen LogP contribution in [0.4, 0.5) is 8.78 Å². The molecule has 0 N–H and O–H groups in total. The van der Waals surface area contributed by atoms with Crippen LogP contribution in [0, 0.1) is 7.40 Å². The Bertz CT molecular complexity index is 494. The molecule has 0 bridgehead atoms. The van der Waals surface area contributed by atoms with Crippen LogP contribution in [-0.4, -0.2) is 13.4 Å². The second kappa shape index (κ2) is 4.92. The van der Waals surface area contributed by atoms with Crippen molar-refractivity contribution in [2.45, 2.75) is 11.3 Å². The average molecular weight is 479 g/mol. The van der Waals surface area contributed by atoms with Crippen LogP contribution in [0.2, 0.25) is 0 Å². The third kappa shape index (κ3) is 3.33. The molecule has 0 aliphatic carbocycles. The summed E-state index contributed by atoms with van der Waals surface area (Å²) in [6, 6.07) is 1.00. The van der Waals surface area contributed by atoms with Crippen molar-refractivity contribution in [3.05, 3.63) is 19.0 Å². The first-order valence-corrected chi connectivity index (χ1v) is 7.79. The molecule has 0 spiro atoms. The van der Waals surface area contributed by atoms with Gasteiger partial charge in [0.2, 0.25) is 0 Å². The Morgan fingerprint density at radius 1 is 1.40 bits per heavy atom. The lowest BCUT2D eigenvalue weighted by molar-refractivity contribution is 0.147. The third-order valence-corrected chi connectivity index (χ3v) is 4.49. The van der Waals surface area contributed by atoms with Crippen LogP contribution in [-0.2, 0) is 9.05 Å². The zero-order valence-electron chi connectivity index (χ0n) is 6.72. The van der Waals surface area contributed by atoms with Crippen LogP contribution in [0.1, 0.15) is 12.0 Å². The minimum atomic E-state index is -4.21. The molecule has 0 aromatic carbocycles. The number of aromatic nitrogens is 1. The maximum absolute atomic E-state index is 12.6. The van der Waals surface area contributed by atoms with Gasteiger partial charge in [0.15, 0.2) is 0 Å². The lowest BCUT2D eigenvalue weighted by Gasteiger charge is -2.07. The number of hydrogen-bond donors (Lipinski definition) is 0. The topological polar surface area (TPSA) is 47.0 Å². The first-order chi connectivity index (χ1) is 6.73. The predicted octanol–water partition coefficient (Wildman–Crippen LogP) is 3.16. The van der Waals surface area contributed by atoms with E-state index in [1.807, 2.05) is 0 Å². The van der Waals surface area contributed by atoms with E-state index >= 15 is 0 Å². The van der Waals surface area contributed by atoms with E-state index in [0.29, 0.717) is 0 Å². The fourth-order valence-electron chi connectivity index (χ4n) is 0.893. The third-order valence-electron chi connectivity index (χ3n) is 1.41. The Morgan fingerprint density at radius 2 is 1.93 bits per heavy atom. The maximum Gasteiger partial charge on any atom is 0.265 e. The number of rotatable bonds is 2. The van der Waals surface area contributed by atoms with Crippen molar-refractivity contribution in [3.63, 3.8) is 0 Å². The second-order valence-electron chi connectivity index (χ2n) is 2.39. The largest absolute Gasteiger partial charge is 0.265 e. The van der Waals surface area contributed by atoms with Crippen molar-refractivity contribution in [3.8, 4) is 0 Å². The van der Waals surface area contributed by atoms with E-state index in [9.17, 15) is 17.2 Å². The molecule has 0 saturated carbocycles. The van der Waals surface area contributed by atoms with Gasteiger partial charge in [-0.2, -0.15) is 0 Å². The number of alkyl halides is 2. The zero-order valence-corrected chi connectivity index (χ0v) is 12.6. The van der Waals surface area contributed by atoms with Gasteiger partial charge in [-0.15, -0.1) is 0 Å². The summed E-state index contributed by atoms with van der Waals surface area (Å²) in [5.74, 6) is 0. The summed E-state index contributed by atoms with van der Waals surface area (Å²) in [6.07, 6.45) is -2.90. The van der Waals surface area contributed by atoms with Crippen LogP contribution < -0.4 is 0 Å². The van der Waals surface area contributed by atoms with Gasteiger partial charge in [-0.3, -0.25) is 0 Å². The highest BCUT2D eigenvalue weighted by atomic mass is 127. The van der Waals surface area contributed by atoms with Crippen molar-refractivity contribution in [2.24, 2.45) is 0 Å². The Balaban J connectivity index is 3.62. The van der Waals surface area contributed by atoms with Crippen molar-refractivity contribution in [2.75, 3.05) is 0 Å². The van der Waals surface area contributed by atoms with Crippen molar-refractivity contribution in [1.82, 2.24) is 4.98 Å². The average Bonchev–Trinajstić information content (AvgIpc) is 1.99. The summed E-state index contributed by atoms with van der Waals surface area (Å²) in [7, 11) is 0.850. The van der Waals surface area contributed by atoms with Crippen LogP contribution in [0.3, 0.4) is 0 Å². The molecule has 3 nitrogen and oxygen atoms in total. The van der Waals surface area contributed by atoms with Crippen molar-refractivity contribution in [1.29, 1.82) is 0 Å². The second-order valence-corrected chi connectivity index (χ2v) is 7.02. The van der Waals surface area contributed by atoms with Crippen LogP contribution in [0.15, 0.2) is 11.0 Å². The fraction of sp³-hybridized carbons (Fsp3) is 0.167. The standard InChI is InChI=1S/C6H2ClF2I2NO2S/c7-15(13,14)4-2(5(8)9)1-3(10)12-6(4)11/h1,5H. The highest BCUT2D eigenvalue weighted by molar-refractivity contribution is 14.1. The molecular weight excluding hydrogens is 477 g/mol. The molecule has 1 heterocycles. The molecule has 1 aromatic rings. The van der Waals surface area contributed by atoms with Gasteiger partial charge in [0.1, 0.15) is 12.3 Å². The highest BCUT2D eigenvalue weighted by Crippen LogP contribution is 2.32. The van der Waals surface area contributed by atoms with Gasteiger partial charge in [-0.25, -0.2) is 22.2 Å². The molecule has 9 heteroatoms. The van der Waals surface area contributed by atoms with E-state index in [1.54, 1.807) is 45.2 Å². The number of halogens is 5. The summed E-state index contributed by atoms with van der Waals surface area (Å²) >= 11 is 3.28. The van der Waals surface area contributed by atoms with E-state index in [-0.39, 0.29) is 7.40 Å². The molecule has 0 aliphatic heterocycles. The molecule has 0 fully saturated rings. The van der Waals surface area contributed by atoms with E-state index in [0.717, 1.165) is 6.07 Å². The number of pyridine rings is 1. The fourth-order valence-corrected chi connectivity index (χ4v) is 4.93. The molecule has 0 atom stereocenters. The number of hydrogen-bond acceptors (Lipinski definition) is 3. The van der Waals surface area contributed by atoms with Crippen molar-refractivity contribution >= 4 is 64.9 Å². The Kier molecular flexibility index (Phi) is 4.52. The lowest BCUT2D eigenvalue weighted by Crippen LogP contribution is -2.05. The van der Waals surface area contributed by atoms with E-state index in [1.165, 1.54) is 0 Å². The summed E-state index contributed by atoms with van der Waals surface area (Å²) < 4.78 is 47.5. The summed E-state index contributed by atoms with van der Waals surface area (Å²) in [5, 5.41) is 0. The van der Waals surface area contributed by atoms with Gasteiger partial charge in [-0.05, 0) is 51.2 Å². The summed E-state index contributed by atoms with van der Waals surface area (Å²) in [5.41, 5.74) is -0.617. The SMILES string of the molecule is O=S(=O)(Cl)c1c(C(F)F)cc(I)nc1I. The molecule has 1 aromatic heterocycles. The summed E-state index contributed by atoms with van der Waals surface area (Å²) in [4.78, 5) is 3.15. The Hall–Kier alpha value is 0.710. The van der Waals surface area contributed by atoms with E-state index in [4.69, 9.17) is 10.7 Å². The molecular formula is C6H2ClF2I2NO2S. The normalized spacial score (nSPS) is 12.1. The molecule has 0 amide bonds. The minimum absolute atomic E-state index is 0.0511. The molecule has 0 saturated heterocycles. The molecule has 0 unspecified atom stereocenters. The quantitative estimate of drug-likeness (QED) is 0.372. The molecule has 84 valence electrons. The van der Waals surface area contributed by atoms with Gasteiger partial charge < -0.3 is 0 Å². The van der Waals surface area contributed by atoms with E-state index in [2.05, 4.69) is 4.98 Å². The lowest BCUT2D eigenvalue weighted by atomic mass is 10.3. The molecule has 0 radical (unpaired) electrons. The number of nitrogens with zero attached hydrogens (tertiary/aromatic N) is 1. The highest BCUT2D eigenvalue weighted by Gasteiger charge is 2.26. The van der Waals surface area contributed by atoms with E-state index < -0.39 is 25.9 Å². The van der Waals surface area contributed by atoms with Crippen molar-refractivity contribution < 1.29 is 17.2 Å². The molecule has 1 rings (SSSR count). The minimum Gasteiger partial charge on any atom is -0.234 e. The monoisotopic (exact) mass is 479 g/mol. The first kappa shape index (κ1) is 13.8. The molecule has 0 aliphatic rings. The summed E-state index contributed by atoms with van der Waals surface area (Å²) in [6.45, 7) is 0. The van der Waals surface area contributed by atoms with Gasteiger partial charge in [0.25, 0.3) is 15.5 Å². The smallest absolute Gasteiger partial charge is 0.234 e. The predicted molar refractivity (Wildman–Crippen MR) is 67.7 cm³/mol. The molecule has 15 heavy (non-hydrogen) atoms. The van der Waals surface area contributed by atoms with Gasteiger partial charge in [0, 0.05) is 16.2 Å². The van der Waals surface area contributed by atoms with Gasteiger partial charge >= 0.3 is 0 Å².